The number of nitrogens with one attached hydrogen (secondary N) is 2. The Morgan fingerprint density at radius 1 is 1.00 bits per heavy atom. The van der Waals surface area contributed by atoms with E-state index in [1.807, 2.05) is 57.2 Å². The Hall–Kier alpha value is -2.73. The SMILES string of the molecule is CC(C)(C)OC(=O)C(CNC(=S)NC(=O)c1ccccc1)Cc1ccccc1. The molecule has 2 aromatic carbocycles. The maximum atomic E-state index is 12.6. The van der Waals surface area contributed by atoms with Crippen molar-refractivity contribution in [1.29, 1.82) is 0 Å². The predicted molar refractivity (Wildman–Crippen MR) is 114 cm³/mol. The van der Waals surface area contributed by atoms with Crippen molar-refractivity contribution in [2.75, 3.05) is 6.54 Å². The molecule has 6 heteroatoms. The van der Waals surface area contributed by atoms with Crippen LogP contribution in [0.4, 0.5) is 0 Å². The quantitative estimate of drug-likeness (QED) is 0.576. The van der Waals surface area contributed by atoms with Crippen molar-refractivity contribution < 1.29 is 14.3 Å². The van der Waals surface area contributed by atoms with Crippen LogP contribution < -0.4 is 10.6 Å². The first-order valence-corrected chi connectivity index (χ1v) is 9.56. The smallest absolute Gasteiger partial charge is 0.311 e. The number of rotatable bonds is 6. The van der Waals surface area contributed by atoms with Crippen LogP contribution in [0.15, 0.2) is 60.7 Å². The first-order chi connectivity index (χ1) is 13.2. The lowest BCUT2D eigenvalue weighted by Gasteiger charge is -2.24. The van der Waals surface area contributed by atoms with Gasteiger partial charge in [-0.15, -0.1) is 0 Å². The van der Waals surface area contributed by atoms with E-state index >= 15 is 0 Å². The van der Waals surface area contributed by atoms with Crippen molar-refractivity contribution in [3.8, 4) is 0 Å². The summed E-state index contributed by atoms with van der Waals surface area (Å²) >= 11 is 5.21. The fourth-order valence-electron chi connectivity index (χ4n) is 2.55. The molecule has 0 aromatic heterocycles. The molecule has 0 bridgehead atoms. The molecule has 1 atom stereocenters. The summed E-state index contributed by atoms with van der Waals surface area (Å²) in [4.78, 5) is 24.8. The summed E-state index contributed by atoms with van der Waals surface area (Å²) in [5.74, 6) is -1.04. The van der Waals surface area contributed by atoms with E-state index in [-0.39, 0.29) is 23.5 Å². The molecule has 0 radical (unpaired) electrons. The lowest BCUT2D eigenvalue weighted by atomic mass is 9.99. The molecule has 0 aliphatic rings. The molecule has 148 valence electrons. The summed E-state index contributed by atoms with van der Waals surface area (Å²) in [5.41, 5.74) is 0.965. The third-order valence-electron chi connectivity index (χ3n) is 3.84. The minimum absolute atomic E-state index is 0.176. The van der Waals surface area contributed by atoms with Gasteiger partial charge in [-0.1, -0.05) is 48.5 Å². The molecule has 2 aromatic rings. The highest BCUT2D eigenvalue weighted by Crippen LogP contribution is 2.15. The van der Waals surface area contributed by atoms with Gasteiger partial charge in [0.15, 0.2) is 5.11 Å². The fraction of sp³-hybridized carbons (Fsp3) is 0.318. The van der Waals surface area contributed by atoms with Gasteiger partial charge in [0.25, 0.3) is 5.91 Å². The average molecular weight is 399 g/mol. The Bertz CT molecular complexity index is 802. The topological polar surface area (TPSA) is 67.4 Å². The van der Waals surface area contributed by atoms with Gasteiger partial charge in [0.05, 0.1) is 5.92 Å². The van der Waals surface area contributed by atoms with Gasteiger partial charge in [-0.2, -0.15) is 0 Å². The zero-order chi connectivity index (χ0) is 20.6. The van der Waals surface area contributed by atoms with Crippen LogP contribution in [-0.2, 0) is 16.0 Å². The van der Waals surface area contributed by atoms with Crippen LogP contribution in [0.1, 0.15) is 36.7 Å². The van der Waals surface area contributed by atoms with E-state index in [1.54, 1.807) is 24.3 Å². The third kappa shape index (κ3) is 7.48. The normalized spacial score (nSPS) is 12.0. The van der Waals surface area contributed by atoms with Crippen LogP contribution in [0.25, 0.3) is 0 Å². The van der Waals surface area contributed by atoms with Crippen molar-refractivity contribution in [1.82, 2.24) is 10.6 Å². The Kier molecular flexibility index (Phi) is 7.70. The van der Waals surface area contributed by atoms with Gasteiger partial charge in [-0.3, -0.25) is 14.9 Å². The van der Waals surface area contributed by atoms with Crippen molar-refractivity contribution in [3.05, 3.63) is 71.8 Å². The molecular formula is C22H26N2O3S. The number of amides is 1. The van der Waals surface area contributed by atoms with E-state index in [9.17, 15) is 9.59 Å². The van der Waals surface area contributed by atoms with Crippen molar-refractivity contribution >= 4 is 29.2 Å². The lowest BCUT2D eigenvalue weighted by Crippen LogP contribution is -2.43. The minimum atomic E-state index is -0.575. The van der Waals surface area contributed by atoms with Gasteiger partial charge < -0.3 is 10.1 Å². The van der Waals surface area contributed by atoms with Gasteiger partial charge in [0.2, 0.25) is 0 Å². The molecule has 1 amide bonds. The second-order valence-electron chi connectivity index (χ2n) is 7.45. The van der Waals surface area contributed by atoms with Crippen LogP contribution in [0, 0.1) is 5.92 Å². The Balaban J connectivity index is 1.98. The second-order valence-corrected chi connectivity index (χ2v) is 7.86. The molecule has 2 rings (SSSR count). The Morgan fingerprint density at radius 3 is 2.14 bits per heavy atom. The van der Waals surface area contributed by atoms with Gasteiger partial charge in [0.1, 0.15) is 5.60 Å². The zero-order valence-electron chi connectivity index (χ0n) is 16.4. The van der Waals surface area contributed by atoms with Gasteiger partial charge in [0, 0.05) is 12.1 Å². The number of benzene rings is 2. The van der Waals surface area contributed by atoms with Crippen LogP contribution in [0.5, 0.6) is 0 Å². The maximum absolute atomic E-state index is 12.6. The average Bonchev–Trinajstić information content (AvgIpc) is 2.65. The first-order valence-electron chi connectivity index (χ1n) is 9.15. The molecule has 0 aliphatic carbocycles. The molecule has 0 spiro atoms. The zero-order valence-corrected chi connectivity index (χ0v) is 17.2. The Morgan fingerprint density at radius 2 is 1.57 bits per heavy atom. The van der Waals surface area contributed by atoms with Crippen molar-refractivity contribution in [2.45, 2.75) is 32.8 Å². The van der Waals surface area contributed by atoms with Crippen LogP contribution in [0.3, 0.4) is 0 Å². The summed E-state index contributed by atoms with van der Waals surface area (Å²) in [6.45, 7) is 5.77. The number of esters is 1. The highest BCUT2D eigenvalue weighted by atomic mass is 32.1. The largest absolute Gasteiger partial charge is 0.460 e. The summed E-state index contributed by atoms with van der Waals surface area (Å²) < 4.78 is 5.55. The fourth-order valence-corrected chi connectivity index (χ4v) is 2.72. The van der Waals surface area contributed by atoms with Gasteiger partial charge in [-0.25, -0.2) is 0 Å². The minimum Gasteiger partial charge on any atom is -0.460 e. The van der Waals surface area contributed by atoms with E-state index in [2.05, 4.69) is 10.6 Å². The van der Waals surface area contributed by atoms with Crippen LogP contribution >= 0.6 is 12.2 Å². The molecule has 0 aliphatic heterocycles. The van der Waals surface area contributed by atoms with Gasteiger partial charge in [-0.05, 0) is 57.1 Å². The summed E-state index contributed by atoms with van der Waals surface area (Å²) in [5, 5.41) is 5.78. The number of carbonyl (C=O) groups excluding carboxylic acids is 2. The maximum Gasteiger partial charge on any atom is 0.311 e. The molecule has 0 heterocycles. The summed E-state index contributed by atoms with van der Waals surface area (Å²) in [6, 6.07) is 18.5. The highest BCUT2D eigenvalue weighted by Gasteiger charge is 2.25. The molecule has 28 heavy (non-hydrogen) atoms. The number of thiocarbonyl (C=S) groups is 1. The molecular weight excluding hydrogens is 372 g/mol. The molecule has 0 saturated heterocycles. The van der Waals surface area contributed by atoms with Crippen LogP contribution in [0.2, 0.25) is 0 Å². The predicted octanol–water partition coefficient (Wildman–Crippen LogP) is 3.49. The van der Waals surface area contributed by atoms with Crippen LogP contribution in [-0.4, -0.2) is 29.1 Å². The monoisotopic (exact) mass is 398 g/mol. The molecule has 0 saturated carbocycles. The van der Waals surface area contributed by atoms with Crippen molar-refractivity contribution in [3.63, 3.8) is 0 Å². The standard InChI is InChI=1S/C22H26N2O3S/c1-22(2,3)27-20(26)18(14-16-10-6-4-7-11-16)15-23-21(28)24-19(25)17-12-8-5-9-13-17/h4-13,18H,14-15H2,1-3H3,(H2,23,24,25,28). The highest BCUT2D eigenvalue weighted by molar-refractivity contribution is 7.80. The summed E-state index contributed by atoms with van der Waals surface area (Å²) in [6.07, 6.45) is 0.512. The number of hydrogen-bond acceptors (Lipinski definition) is 4. The molecule has 5 nitrogen and oxygen atoms in total. The molecule has 2 N–H and O–H groups in total. The molecule has 0 fully saturated rings. The van der Waals surface area contributed by atoms with E-state index in [1.165, 1.54) is 0 Å². The third-order valence-corrected chi connectivity index (χ3v) is 4.08. The Labute approximate surface area is 171 Å². The van der Waals surface area contributed by atoms with E-state index < -0.39 is 11.5 Å². The van der Waals surface area contributed by atoms with Crippen molar-refractivity contribution in [2.24, 2.45) is 5.92 Å². The lowest BCUT2D eigenvalue weighted by molar-refractivity contribution is -0.159. The van der Waals surface area contributed by atoms with E-state index in [4.69, 9.17) is 17.0 Å². The summed E-state index contributed by atoms with van der Waals surface area (Å²) in [7, 11) is 0. The van der Waals surface area contributed by atoms with Gasteiger partial charge >= 0.3 is 5.97 Å². The number of carbonyl (C=O) groups is 2. The van der Waals surface area contributed by atoms with E-state index in [0.717, 1.165) is 5.56 Å². The number of ether oxygens (including phenoxy) is 1. The first kappa shape index (κ1) is 21.6. The number of hydrogen-bond donors (Lipinski definition) is 2. The van der Waals surface area contributed by atoms with E-state index in [0.29, 0.717) is 12.0 Å². The molecule has 1 unspecified atom stereocenters. The second kappa shape index (κ2) is 9.99.